The zero-order chi connectivity index (χ0) is 15.3. The number of nitriles is 1. The van der Waals surface area contributed by atoms with Crippen LogP contribution in [-0.2, 0) is 16.0 Å². The lowest BCUT2D eigenvalue weighted by Crippen LogP contribution is -2.44. The van der Waals surface area contributed by atoms with E-state index in [4.69, 9.17) is 5.26 Å². The monoisotopic (exact) mass is 285 g/mol. The molecular weight excluding hydrogens is 266 g/mol. The van der Waals surface area contributed by atoms with Crippen LogP contribution in [-0.4, -0.2) is 35.3 Å². The van der Waals surface area contributed by atoms with Gasteiger partial charge in [-0.25, -0.2) is 0 Å². The summed E-state index contributed by atoms with van der Waals surface area (Å²) >= 11 is 0. The molecule has 1 aromatic carbocycles. The Morgan fingerprint density at radius 2 is 2.00 bits per heavy atom. The predicted molar refractivity (Wildman–Crippen MR) is 78.1 cm³/mol. The normalized spacial score (nSPS) is 14.9. The largest absolute Gasteiger partial charge is 0.336 e. The molecule has 1 aromatic rings. The van der Waals surface area contributed by atoms with E-state index in [0.717, 1.165) is 5.56 Å². The van der Waals surface area contributed by atoms with Gasteiger partial charge in [-0.3, -0.25) is 9.59 Å². The minimum absolute atomic E-state index is 0.00555. The highest BCUT2D eigenvalue weighted by molar-refractivity contribution is 5.84. The average Bonchev–Trinajstić information content (AvgIpc) is 3.24. The number of carbonyl (C=O) groups is 2. The van der Waals surface area contributed by atoms with Gasteiger partial charge < -0.3 is 10.2 Å². The van der Waals surface area contributed by atoms with Gasteiger partial charge in [0.25, 0.3) is 0 Å². The Kier molecular flexibility index (Phi) is 4.59. The standard InChI is InChI=1S/C16H19N3O2/c1-13(20)19(10-7-14-5-3-2-4-6-14)11-15(21)18-16(12-17)8-9-16/h2-6H,7-11H2,1H3,(H,18,21). The van der Waals surface area contributed by atoms with Crippen LogP contribution in [0.3, 0.4) is 0 Å². The molecular formula is C16H19N3O2. The number of hydrogen-bond donors (Lipinski definition) is 1. The van der Waals surface area contributed by atoms with E-state index in [-0.39, 0.29) is 18.4 Å². The Labute approximate surface area is 124 Å². The summed E-state index contributed by atoms with van der Waals surface area (Å²) in [6.45, 7) is 1.95. The minimum atomic E-state index is -0.682. The maximum absolute atomic E-state index is 11.9. The fraction of sp³-hybridized carbons (Fsp3) is 0.438. The van der Waals surface area contributed by atoms with Crippen molar-refractivity contribution >= 4 is 11.8 Å². The van der Waals surface area contributed by atoms with E-state index in [9.17, 15) is 9.59 Å². The van der Waals surface area contributed by atoms with Crippen LogP contribution in [0.4, 0.5) is 0 Å². The van der Waals surface area contributed by atoms with Crippen molar-refractivity contribution in [2.45, 2.75) is 31.7 Å². The Morgan fingerprint density at radius 1 is 1.33 bits per heavy atom. The first-order valence-corrected chi connectivity index (χ1v) is 7.06. The summed E-state index contributed by atoms with van der Waals surface area (Å²) in [7, 11) is 0. The molecule has 1 N–H and O–H groups in total. The summed E-state index contributed by atoms with van der Waals surface area (Å²) in [5.41, 5.74) is 0.443. The molecule has 110 valence electrons. The van der Waals surface area contributed by atoms with Gasteiger partial charge in [-0.2, -0.15) is 5.26 Å². The summed E-state index contributed by atoms with van der Waals surface area (Å²) < 4.78 is 0. The highest BCUT2D eigenvalue weighted by atomic mass is 16.2. The van der Waals surface area contributed by atoms with E-state index in [0.29, 0.717) is 25.8 Å². The molecule has 0 heterocycles. The molecule has 1 fully saturated rings. The molecule has 1 saturated carbocycles. The second-order valence-electron chi connectivity index (χ2n) is 5.42. The summed E-state index contributed by atoms with van der Waals surface area (Å²) in [5.74, 6) is -0.403. The second kappa shape index (κ2) is 6.40. The van der Waals surface area contributed by atoms with Crippen molar-refractivity contribution in [3.05, 3.63) is 35.9 Å². The van der Waals surface area contributed by atoms with E-state index < -0.39 is 5.54 Å². The van der Waals surface area contributed by atoms with Crippen LogP contribution < -0.4 is 5.32 Å². The van der Waals surface area contributed by atoms with Crippen LogP contribution in [0.25, 0.3) is 0 Å². The Hall–Kier alpha value is -2.35. The highest BCUT2D eigenvalue weighted by Gasteiger charge is 2.44. The van der Waals surface area contributed by atoms with Gasteiger partial charge in [0.05, 0.1) is 12.6 Å². The zero-order valence-electron chi connectivity index (χ0n) is 12.1. The van der Waals surface area contributed by atoms with Gasteiger partial charge in [0.2, 0.25) is 11.8 Å². The van der Waals surface area contributed by atoms with Crippen LogP contribution in [0.15, 0.2) is 30.3 Å². The molecule has 5 heteroatoms. The van der Waals surface area contributed by atoms with Gasteiger partial charge in [-0.05, 0) is 24.8 Å². The summed E-state index contributed by atoms with van der Waals surface area (Å²) in [6, 6.07) is 11.9. The quantitative estimate of drug-likeness (QED) is 0.855. The van der Waals surface area contributed by atoms with Crippen LogP contribution in [0.1, 0.15) is 25.3 Å². The summed E-state index contributed by atoms with van der Waals surface area (Å²) in [5, 5.41) is 11.7. The predicted octanol–water partition coefficient (Wildman–Crippen LogP) is 1.25. The van der Waals surface area contributed by atoms with Crippen LogP contribution in [0.5, 0.6) is 0 Å². The van der Waals surface area contributed by atoms with Gasteiger partial charge in [0, 0.05) is 13.5 Å². The van der Waals surface area contributed by atoms with Crippen LogP contribution in [0, 0.1) is 11.3 Å². The zero-order valence-corrected chi connectivity index (χ0v) is 12.1. The van der Waals surface area contributed by atoms with E-state index in [1.54, 1.807) is 0 Å². The van der Waals surface area contributed by atoms with E-state index >= 15 is 0 Å². The van der Waals surface area contributed by atoms with E-state index in [1.165, 1.54) is 11.8 Å². The lowest BCUT2D eigenvalue weighted by Gasteiger charge is -2.21. The van der Waals surface area contributed by atoms with Gasteiger partial charge in [-0.15, -0.1) is 0 Å². The highest BCUT2D eigenvalue weighted by Crippen LogP contribution is 2.34. The van der Waals surface area contributed by atoms with Gasteiger partial charge in [-0.1, -0.05) is 30.3 Å². The molecule has 0 aromatic heterocycles. The van der Waals surface area contributed by atoms with Crippen molar-refractivity contribution < 1.29 is 9.59 Å². The molecule has 2 rings (SSSR count). The number of nitrogens with zero attached hydrogens (tertiary/aromatic N) is 2. The third-order valence-electron chi connectivity index (χ3n) is 3.64. The number of rotatable bonds is 6. The fourth-order valence-electron chi connectivity index (χ4n) is 2.13. The first-order chi connectivity index (χ1) is 10.0. The Bertz CT molecular complexity index is 559. The maximum Gasteiger partial charge on any atom is 0.240 e. The number of benzene rings is 1. The topological polar surface area (TPSA) is 73.2 Å². The molecule has 1 aliphatic rings. The third kappa shape index (κ3) is 4.32. The molecule has 1 aliphatic carbocycles. The number of amides is 2. The van der Waals surface area contributed by atoms with Gasteiger partial charge >= 0.3 is 0 Å². The van der Waals surface area contributed by atoms with Crippen molar-refractivity contribution in [3.8, 4) is 6.07 Å². The molecule has 0 aliphatic heterocycles. The first kappa shape index (κ1) is 15.0. The van der Waals surface area contributed by atoms with Gasteiger partial charge in [0.1, 0.15) is 5.54 Å². The Morgan fingerprint density at radius 3 is 2.52 bits per heavy atom. The molecule has 0 radical (unpaired) electrons. The average molecular weight is 285 g/mol. The second-order valence-corrected chi connectivity index (χ2v) is 5.42. The maximum atomic E-state index is 11.9. The minimum Gasteiger partial charge on any atom is -0.336 e. The number of nitrogens with one attached hydrogen (secondary N) is 1. The SMILES string of the molecule is CC(=O)N(CCc1ccccc1)CC(=O)NC1(C#N)CC1. The molecule has 0 bridgehead atoms. The third-order valence-corrected chi connectivity index (χ3v) is 3.64. The molecule has 2 amide bonds. The fourth-order valence-corrected chi connectivity index (χ4v) is 2.13. The van der Waals surface area contributed by atoms with Crippen molar-refractivity contribution in [1.82, 2.24) is 10.2 Å². The molecule has 5 nitrogen and oxygen atoms in total. The molecule has 0 spiro atoms. The number of hydrogen-bond acceptors (Lipinski definition) is 3. The van der Waals surface area contributed by atoms with E-state index in [2.05, 4.69) is 11.4 Å². The van der Waals surface area contributed by atoms with Crippen LogP contribution >= 0.6 is 0 Å². The first-order valence-electron chi connectivity index (χ1n) is 7.06. The lowest BCUT2D eigenvalue weighted by molar-refractivity contribution is -0.134. The molecule has 0 atom stereocenters. The molecule has 0 unspecified atom stereocenters. The van der Waals surface area contributed by atoms with E-state index in [1.807, 2.05) is 30.3 Å². The molecule has 21 heavy (non-hydrogen) atoms. The Balaban J connectivity index is 1.86. The smallest absolute Gasteiger partial charge is 0.240 e. The lowest BCUT2D eigenvalue weighted by atomic mass is 10.1. The summed E-state index contributed by atoms with van der Waals surface area (Å²) in [4.78, 5) is 25.1. The number of carbonyl (C=O) groups excluding carboxylic acids is 2. The van der Waals surface area contributed by atoms with Crippen molar-refractivity contribution in [2.75, 3.05) is 13.1 Å². The van der Waals surface area contributed by atoms with Gasteiger partial charge in [0.15, 0.2) is 0 Å². The summed E-state index contributed by atoms with van der Waals surface area (Å²) in [6.07, 6.45) is 2.09. The van der Waals surface area contributed by atoms with Crippen molar-refractivity contribution in [3.63, 3.8) is 0 Å². The van der Waals surface area contributed by atoms with Crippen molar-refractivity contribution in [2.24, 2.45) is 0 Å². The molecule has 0 saturated heterocycles. The van der Waals surface area contributed by atoms with Crippen molar-refractivity contribution in [1.29, 1.82) is 5.26 Å². The van der Waals surface area contributed by atoms with Crippen LogP contribution in [0.2, 0.25) is 0 Å².